The molecule has 1 aliphatic heterocycles. The van der Waals surface area contributed by atoms with E-state index >= 15 is 0 Å². The number of amides is 1. The first-order valence-electron chi connectivity index (χ1n) is 5.35. The Balaban J connectivity index is 2.09. The van der Waals surface area contributed by atoms with Gasteiger partial charge in [0.2, 0.25) is 0 Å². The minimum Gasteiger partial charge on any atom is -0.337 e. The number of hydrogen-bond acceptors (Lipinski definition) is 3. The molecule has 1 amide bonds. The van der Waals surface area contributed by atoms with Gasteiger partial charge in [0.15, 0.2) is 0 Å². The summed E-state index contributed by atoms with van der Waals surface area (Å²) in [6, 6.07) is 2.07. The number of rotatable bonds is 1. The predicted molar refractivity (Wildman–Crippen MR) is 74.7 cm³/mol. The SMILES string of the molecule is CC1CC(N)CN(C(=O)c2csc(I)c2)C1. The van der Waals surface area contributed by atoms with E-state index in [9.17, 15) is 4.79 Å². The van der Waals surface area contributed by atoms with Gasteiger partial charge in [-0.3, -0.25) is 4.79 Å². The monoisotopic (exact) mass is 350 g/mol. The summed E-state index contributed by atoms with van der Waals surface area (Å²) in [6.45, 7) is 3.67. The molecule has 0 radical (unpaired) electrons. The fraction of sp³-hybridized carbons (Fsp3) is 0.545. The molecule has 1 saturated heterocycles. The molecule has 0 aromatic carbocycles. The molecule has 0 aliphatic carbocycles. The standard InChI is InChI=1S/C11H15IN2OS/c1-7-2-9(13)5-14(4-7)11(15)8-3-10(12)16-6-8/h3,6-7,9H,2,4-5,13H2,1H3. The normalized spacial score (nSPS) is 25.8. The van der Waals surface area contributed by atoms with Gasteiger partial charge in [-0.25, -0.2) is 0 Å². The Morgan fingerprint density at radius 1 is 1.62 bits per heavy atom. The first kappa shape index (κ1) is 12.3. The van der Waals surface area contributed by atoms with Crippen LogP contribution in [0, 0.1) is 8.80 Å². The van der Waals surface area contributed by atoms with Gasteiger partial charge in [-0.2, -0.15) is 0 Å². The Labute approximate surface area is 113 Å². The molecule has 2 rings (SSSR count). The third-order valence-corrected chi connectivity index (χ3v) is 4.58. The molecule has 2 N–H and O–H groups in total. The van der Waals surface area contributed by atoms with E-state index in [0.717, 1.165) is 21.4 Å². The molecular formula is C11H15IN2OS. The fourth-order valence-electron chi connectivity index (χ4n) is 2.17. The number of carbonyl (C=O) groups excluding carboxylic acids is 1. The number of halogens is 1. The van der Waals surface area contributed by atoms with Crippen LogP contribution in [0.4, 0.5) is 0 Å². The zero-order valence-corrected chi connectivity index (χ0v) is 12.1. The molecule has 1 aromatic rings. The van der Waals surface area contributed by atoms with Gasteiger partial charge in [0.25, 0.3) is 5.91 Å². The van der Waals surface area contributed by atoms with Gasteiger partial charge in [0.1, 0.15) is 0 Å². The van der Waals surface area contributed by atoms with Crippen LogP contribution in [0.5, 0.6) is 0 Å². The average molecular weight is 350 g/mol. The van der Waals surface area contributed by atoms with Crippen molar-refractivity contribution in [3.63, 3.8) is 0 Å². The Morgan fingerprint density at radius 2 is 2.38 bits per heavy atom. The van der Waals surface area contributed by atoms with Crippen LogP contribution in [0.15, 0.2) is 11.4 Å². The van der Waals surface area contributed by atoms with E-state index in [0.29, 0.717) is 12.5 Å². The van der Waals surface area contributed by atoms with Crippen molar-refractivity contribution < 1.29 is 4.79 Å². The summed E-state index contributed by atoms with van der Waals surface area (Å²) in [6.07, 6.45) is 1.02. The predicted octanol–water partition coefficient (Wildman–Crippen LogP) is 2.16. The van der Waals surface area contributed by atoms with E-state index in [1.165, 1.54) is 0 Å². The highest BCUT2D eigenvalue weighted by Gasteiger charge is 2.26. The van der Waals surface area contributed by atoms with E-state index < -0.39 is 0 Å². The Hall–Kier alpha value is -0.140. The molecule has 2 heterocycles. The van der Waals surface area contributed by atoms with Crippen molar-refractivity contribution in [2.45, 2.75) is 19.4 Å². The van der Waals surface area contributed by atoms with Crippen LogP contribution in [0.2, 0.25) is 0 Å². The summed E-state index contributed by atoms with van der Waals surface area (Å²) in [5.41, 5.74) is 6.75. The van der Waals surface area contributed by atoms with Gasteiger partial charge in [-0.15, -0.1) is 11.3 Å². The van der Waals surface area contributed by atoms with Gasteiger partial charge in [-0.05, 0) is 41.0 Å². The van der Waals surface area contributed by atoms with Gasteiger partial charge in [0.05, 0.1) is 8.45 Å². The Bertz CT molecular complexity index is 383. The highest BCUT2D eigenvalue weighted by Crippen LogP contribution is 2.21. The topological polar surface area (TPSA) is 46.3 Å². The molecule has 0 saturated carbocycles. The Morgan fingerprint density at radius 3 is 2.94 bits per heavy atom. The minimum atomic E-state index is 0.126. The maximum absolute atomic E-state index is 12.2. The Kier molecular flexibility index (Phi) is 3.86. The maximum Gasteiger partial charge on any atom is 0.254 e. The van der Waals surface area contributed by atoms with Crippen molar-refractivity contribution in [1.82, 2.24) is 4.90 Å². The summed E-state index contributed by atoms with van der Waals surface area (Å²) in [5, 5.41) is 1.93. The molecule has 16 heavy (non-hydrogen) atoms. The molecule has 1 aliphatic rings. The zero-order chi connectivity index (χ0) is 11.7. The third-order valence-electron chi connectivity index (χ3n) is 2.79. The van der Waals surface area contributed by atoms with Crippen LogP contribution in [-0.2, 0) is 0 Å². The van der Waals surface area contributed by atoms with Crippen LogP contribution in [-0.4, -0.2) is 29.9 Å². The molecule has 0 bridgehead atoms. The molecule has 2 unspecified atom stereocenters. The van der Waals surface area contributed by atoms with Crippen LogP contribution < -0.4 is 5.73 Å². The molecule has 0 spiro atoms. The highest BCUT2D eigenvalue weighted by molar-refractivity contribution is 14.1. The van der Waals surface area contributed by atoms with Gasteiger partial charge < -0.3 is 10.6 Å². The van der Waals surface area contributed by atoms with Crippen molar-refractivity contribution in [2.24, 2.45) is 11.7 Å². The summed E-state index contributed by atoms with van der Waals surface area (Å²) in [7, 11) is 0. The van der Waals surface area contributed by atoms with Crippen molar-refractivity contribution in [1.29, 1.82) is 0 Å². The molecular weight excluding hydrogens is 335 g/mol. The van der Waals surface area contributed by atoms with Crippen molar-refractivity contribution in [3.8, 4) is 0 Å². The summed E-state index contributed by atoms with van der Waals surface area (Å²) >= 11 is 3.84. The summed E-state index contributed by atoms with van der Waals surface area (Å²) in [5.74, 6) is 0.631. The van der Waals surface area contributed by atoms with E-state index in [2.05, 4.69) is 29.5 Å². The second-order valence-electron chi connectivity index (χ2n) is 4.45. The molecule has 3 nitrogen and oxygen atoms in total. The van der Waals surface area contributed by atoms with E-state index in [-0.39, 0.29) is 11.9 Å². The zero-order valence-electron chi connectivity index (χ0n) is 9.15. The first-order valence-corrected chi connectivity index (χ1v) is 7.31. The summed E-state index contributed by atoms with van der Waals surface area (Å²) < 4.78 is 1.15. The van der Waals surface area contributed by atoms with Crippen LogP contribution in [0.3, 0.4) is 0 Å². The van der Waals surface area contributed by atoms with Crippen molar-refractivity contribution in [2.75, 3.05) is 13.1 Å². The number of nitrogens with two attached hydrogens (primary N) is 1. The van der Waals surface area contributed by atoms with Crippen LogP contribution >= 0.6 is 33.9 Å². The lowest BCUT2D eigenvalue weighted by molar-refractivity contribution is 0.0661. The number of hydrogen-bond donors (Lipinski definition) is 1. The number of nitrogens with zero attached hydrogens (tertiary/aromatic N) is 1. The average Bonchev–Trinajstić information content (AvgIpc) is 2.62. The smallest absolute Gasteiger partial charge is 0.254 e. The van der Waals surface area contributed by atoms with Crippen molar-refractivity contribution >= 4 is 39.8 Å². The lowest BCUT2D eigenvalue weighted by atomic mass is 9.96. The lowest BCUT2D eigenvalue weighted by Crippen LogP contribution is -2.48. The second kappa shape index (κ2) is 5.01. The number of likely N-dealkylation sites (tertiary alicyclic amines) is 1. The molecule has 1 aromatic heterocycles. The van der Waals surface area contributed by atoms with Gasteiger partial charge in [-0.1, -0.05) is 6.92 Å². The molecule has 1 fully saturated rings. The number of thiophene rings is 1. The molecule has 88 valence electrons. The highest BCUT2D eigenvalue weighted by atomic mass is 127. The van der Waals surface area contributed by atoms with Gasteiger partial charge in [0, 0.05) is 24.5 Å². The fourth-order valence-corrected chi connectivity index (χ4v) is 3.49. The first-order chi connectivity index (χ1) is 7.56. The minimum absolute atomic E-state index is 0.126. The van der Waals surface area contributed by atoms with Gasteiger partial charge >= 0.3 is 0 Å². The lowest BCUT2D eigenvalue weighted by Gasteiger charge is -2.34. The third kappa shape index (κ3) is 2.75. The number of piperidine rings is 1. The molecule has 5 heteroatoms. The van der Waals surface area contributed by atoms with Crippen LogP contribution in [0.1, 0.15) is 23.7 Å². The summed E-state index contributed by atoms with van der Waals surface area (Å²) in [4.78, 5) is 14.1. The number of carbonyl (C=O) groups is 1. The van der Waals surface area contributed by atoms with E-state index in [1.54, 1.807) is 11.3 Å². The van der Waals surface area contributed by atoms with E-state index in [1.807, 2.05) is 16.3 Å². The van der Waals surface area contributed by atoms with Crippen LogP contribution in [0.25, 0.3) is 0 Å². The van der Waals surface area contributed by atoms with E-state index in [4.69, 9.17) is 5.73 Å². The largest absolute Gasteiger partial charge is 0.337 e. The quantitative estimate of drug-likeness (QED) is 0.789. The maximum atomic E-state index is 12.2. The second-order valence-corrected chi connectivity index (χ2v) is 7.26. The molecule has 2 atom stereocenters. The van der Waals surface area contributed by atoms with Crippen molar-refractivity contribution in [3.05, 3.63) is 19.9 Å².